The second-order valence-electron chi connectivity index (χ2n) is 6.27. The average Bonchev–Trinajstić information content (AvgIpc) is 2.69. The van der Waals surface area contributed by atoms with Crippen molar-refractivity contribution in [2.24, 2.45) is 4.99 Å². The van der Waals surface area contributed by atoms with E-state index >= 15 is 0 Å². The van der Waals surface area contributed by atoms with Gasteiger partial charge in [-0.05, 0) is 37.1 Å². The highest BCUT2D eigenvalue weighted by molar-refractivity contribution is 5.79. The lowest BCUT2D eigenvalue weighted by Crippen LogP contribution is -2.36. The molecule has 0 aliphatic rings. The Balaban J connectivity index is 2.02. The number of alkyl halides is 3. The first-order valence-electron chi connectivity index (χ1n) is 9.11. The third-order valence-corrected chi connectivity index (χ3v) is 3.84. The number of pyridine rings is 1. The average molecular weight is 410 g/mol. The molecule has 2 N–H and O–H groups in total. The van der Waals surface area contributed by atoms with Gasteiger partial charge in [0.2, 0.25) is 5.88 Å². The van der Waals surface area contributed by atoms with Crippen molar-refractivity contribution in [2.45, 2.75) is 33.1 Å². The van der Waals surface area contributed by atoms with E-state index in [1.807, 2.05) is 32.0 Å². The summed E-state index contributed by atoms with van der Waals surface area (Å²) in [5.41, 5.74) is 2.77. The van der Waals surface area contributed by atoms with E-state index in [4.69, 9.17) is 4.74 Å². The number of nitrogens with zero attached hydrogens (tertiary/aromatic N) is 2. The van der Waals surface area contributed by atoms with Gasteiger partial charge in [-0.25, -0.2) is 9.98 Å². The highest BCUT2D eigenvalue weighted by Gasteiger charge is 2.28. The van der Waals surface area contributed by atoms with Crippen LogP contribution in [0.4, 0.5) is 13.2 Å². The highest BCUT2D eigenvalue weighted by atomic mass is 19.4. The molecule has 1 aromatic heterocycles. The predicted octanol–water partition coefficient (Wildman–Crippen LogP) is 3.60. The fraction of sp³-hybridized carbons (Fsp3) is 0.400. The summed E-state index contributed by atoms with van der Waals surface area (Å²) in [6, 6.07) is 9.07. The van der Waals surface area contributed by atoms with Crippen molar-refractivity contribution in [3.63, 3.8) is 0 Å². The Labute approximate surface area is 168 Å². The molecule has 0 atom stereocenters. The monoisotopic (exact) mass is 410 g/mol. The summed E-state index contributed by atoms with van der Waals surface area (Å²) in [6.07, 6.45) is -3.01. The molecule has 6 nitrogen and oxygen atoms in total. The zero-order chi connectivity index (χ0) is 21.3. The van der Waals surface area contributed by atoms with Gasteiger partial charge in [-0.3, -0.25) is 0 Å². The molecule has 0 fully saturated rings. The molecule has 0 bridgehead atoms. The molecule has 0 saturated heterocycles. The number of aliphatic imine (C=N–C) groups is 1. The van der Waals surface area contributed by atoms with E-state index in [9.17, 15) is 13.2 Å². The van der Waals surface area contributed by atoms with Crippen molar-refractivity contribution in [1.29, 1.82) is 0 Å². The van der Waals surface area contributed by atoms with Gasteiger partial charge in [0.1, 0.15) is 5.75 Å². The van der Waals surface area contributed by atoms with E-state index in [0.717, 1.165) is 16.9 Å². The van der Waals surface area contributed by atoms with Crippen LogP contribution in [0.25, 0.3) is 0 Å². The van der Waals surface area contributed by atoms with Crippen LogP contribution in [-0.4, -0.2) is 37.4 Å². The number of guanidine groups is 1. The Morgan fingerprint density at radius 3 is 2.66 bits per heavy atom. The summed E-state index contributed by atoms with van der Waals surface area (Å²) in [4.78, 5) is 8.26. The number of aromatic nitrogens is 1. The van der Waals surface area contributed by atoms with Crippen LogP contribution in [0.5, 0.6) is 11.6 Å². The molecule has 0 aliphatic carbocycles. The molecule has 158 valence electrons. The van der Waals surface area contributed by atoms with Crippen molar-refractivity contribution < 1.29 is 22.6 Å². The normalized spacial score (nSPS) is 11.9. The molecule has 0 saturated carbocycles. The zero-order valence-electron chi connectivity index (χ0n) is 16.6. The van der Waals surface area contributed by atoms with Crippen LogP contribution in [0.3, 0.4) is 0 Å². The largest absolute Gasteiger partial charge is 0.496 e. The Kier molecular flexibility index (Phi) is 8.11. The number of hydrogen-bond acceptors (Lipinski definition) is 4. The van der Waals surface area contributed by atoms with Gasteiger partial charge in [-0.15, -0.1) is 0 Å². The Bertz CT molecular complexity index is 826. The van der Waals surface area contributed by atoms with Crippen molar-refractivity contribution in [3.05, 3.63) is 53.2 Å². The van der Waals surface area contributed by atoms with E-state index < -0.39 is 12.8 Å². The summed E-state index contributed by atoms with van der Waals surface area (Å²) in [6.45, 7) is 3.98. The minimum absolute atomic E-state index is 0.0858. The number of benzene rings is 1. The third-order valence-electron chi connectivity index (χ3n) is 3.84. The number of aryl methyl sites for hydroxylation is 1. The number of methoxy groups -OCH3 is 1. The molecule has 0 spiro atoms. The summed E-state index contributed by atoms with van der Waals surface area (Å²) in [5, 5.41) is 6.36. The molecule has 1 heterocycles. The van der Waals surface area contributed by atoms with Gasteiger partial charge in [-0.1, -0.05) is 12.1 Å². The summed E-state index contributed by atoms with van der Waals surface area (Å²) >= 11 is 0. The molecule has 2 aromatic rings. The number of hydrogen-bond donors (Lipinski definition) is 2. The van der Waals surface area contributed by atoms with Gasteiger partial charge >= 0.3 is 6.18 Å². The van der Waals surface area contributed by atoms with Crippen LogP contribution < -0.4 is 20.1 Å². The second kappa shape index (κ2) is 10.5. The summed E-state index contributed by atoms with van der Waals surface area (Å²) in [5.74, 6) is 1.27. The van der Waals surface area contributed by atoms with Crippen molar-refractivity contribution in [1.82, 2.24) is 15.6 Å². The standard InChI is InChI=1S/C20H25F3N4O2/c1-4-24-19(27-12-16-6-5-14(2)9-17(16)28-3)26-11-15-7-8-25-18(10-15)29-13-20(21,22)23/h5-10H,4,11-13H2,1-3H3,(H2,24,26,27). The first-order chi connectivity index (χ1) is 13.8. The Morgan fingerprint density at radius 2 is 1.97 bits per heavy atom. The van der Waals surface area contributed by atoms with Gasteiger partial charge in [0.15, 0.2) is 12.6 Å². The number of rotatable bonds is 8. The van der Waals surface area contributed by atoms with E-state index in [1.165, 1.54) is 12.3 Å². The van der Waals surface area contributed by atoms with Crippen molar-refractivity contribution in [2.75, 3.05) is 20.3 Å². The van der Waals surface area contributed by atoms with Crippen LogP contribution in [0.2, 0.25) is 0 Å². The predicted molar refractivity (Wildman–Crippen MR) is 105 cm³/mol. The smallest absolute Gasteiger partial charge is 0.422 e. The Morgan fingerprint density at radius 1 is 1.17 bits per heavy atom. The van der Waals surface area contributed by atoms with Gasteiger partial charge < -0.3 is 20.1 Å². The molecule has 2 rings (SSSR count). The van der Waals surface area contributed by atoms with E-state index in [0.29, 0.717) is 24.6 Å². The van der Waals surface area contributed by atoms with E-state index in [-0.39, 0.29) is 12.4 Å². The maximum atomic E-state index is 12.3. The summed E-state index contributed by atoms with van der Waals surface area (Å²) in [7, 11) is 1.62. The third kappa shape index (κ3) is 7.89. The van der Waals surface area contributed by atoms with Crippen LogP contribution in [0.1, 0.15) is 23.6 Å². The first-order valence-corrected chi connectivity index (χ1v) is 9.11. The second-order valence-corrected chi connectivity index (χ2v) is 6.27. The highest BCUT2D eigenvalue weighted by Crippen LogP contribution is 2.20. The topological polar surface area (TPSA) is 67.8 Å². The molecule has 0 amide bonds. The molecular formula is C20H25F3N4O2. The van der Waals surface area contributed by atoms with Crippen LogP contribution in [0.15, 0.2) is 41.5 Å². The fourth-order valence-electron chi connectivity index (χ4n) is 2.47. The van der Waals surface area contributed by atoms with Crippen LogP contribution in [-0.2, 0) is 13.1 Å². The first kappa shape index (κ1) is 22.3. The SMILES string of the molecule is CCNC(=NCc1ccnc(OCC(F)(F)F)c1)NCc1ccc(C)cc1OC. The molecule has 9 heteroatoms. The van der Waals surface area contributed by atoms with Crippen LogP contribution in [0, 0.1) is 6.92 Å². The molecule has 0 aliphatic heterocycles. The van der Waals surface area contributed by atoms with Gasteiger partial charge in [-0.2, -0.15) is 13.2 Å². The molecule has 29 heavy (non-hydrogen) atoms. The fourth-order valence-corrected chi connectivity index (χ4v) is 2.47. The van der Waals surface area contributed by atoms with Gasteiger partial charge in [0.05, 0.1) is 13.7 Å². The maximum Gasteiger partial charge on any atom is 0.422 e. The zero-order valence-corrected chi connectivity index (χ0v) is 16.6. The number of nitrogens with one attached hydrogen (secondary N) is 2. The minimum atomic E-state index is -4.41. The van der Waals surface area contributed by atoms with E-state index in [2.05, 4.69) is 25.3 Å². The molecule has 0 radical (unpaired) electrons. The van der Waals surface area contributed by atoms with E-state index in [1.54, 1.807) is 13.2 Å². The van der Waals surface area contributed by atoms with Crippen molar-refractivity contribution >= 4 is 5.96 Å². The summed E-state index contributed by atoms with van der Waals surface area (Å²) < 4.78 is 46.9. The molecule has 1 aromatic carbocycles. The number of ether oxygens (including phenoxy) is 2. The van der Waals surface area contributed by atoms with Crippen LogP contribution >= 0.6 is 0 Å². The lowest BCUT2D eigenvalue weighted by Gasteiger charge is -2.14. The minimum Gasteiger partial charge on any atom is -0.496 e. The Hall–Kier alpha value is -2.97. The quantitative estimate of drug-likeness (QED) is 0.514. The maximum absolute atomic E-state index is 12.3. The lowest BCUT2D eigenvalue weighted by atomic mass is 10.1. The lowest BCUT2D eigenvalue weighted by molar-refractivity contribution is -0.154. The van der Waals surface area contributed by atoms with Gasteiger partial charge in [0.25, 0.3) is 0 Å². The van der Waals surface area contributed by atoms with Crippen molar-refractivity contribution in [3.8, 4) is 11.6 Å². The molecular weight excluding hydrogens is 385 g/mol. The number of halogens is 3. The van der Waals surface area contributed by atoms with Gasteiger partial charge in [0, 0.05) is 30.9 Å². The molecule has 0 unspecified atom stereocenters.